The fourth-order valence-electron chi connectivity index (χ4n) is 0.722. The monoisotopic (exact) mass is 224 g/mol. The Bertz CT molecular complexity index is 294. The number of thiophene rings is 1. The van der Waals surface area contributed by atoms with Crippen molar-refractivity contribution >= 4 is 20.1 Å². The van der Waals surface area contributed by atoms with Crippen molar-refractivity contribution in [1.29, 1.82) is 0 Å². The highest BCUT2D eigenvalue weighted by Crippen LogP contribution is 2.11. The van der Waals surface area contributed by atoms with Gasteiger partial charge in [-0.15, -0.1) is 11.3 Å². The molecule has 0 N–H and O–H groups in total. The molecule has 2 heterocycles. The van der Waals surface area contributed by atoms with E-state index in [-0.39, 0.29) is 8.80 Å². The van der Waals surface area contributed by atoms with Crippen LogP contribution in [0, 0.1) is 0 Å². The number of nitrogens with zero attached hydrogens (tertiary/aromatic N) is 3. The zero-order chi connectivity index (χ0) is 10.4. The lowest BCUT2D eigenvalue weighted by molar-refractivity contribution is 0.896. The minimum absolute atomic E-state index is 0.120. The van der Waals surface area contributed by atoms with Crippen molar-refractivity contribution in [2.24, 2.45) is 0 Å². The van der Waals surface area contributed by atoms with Gasteiger partial charge in [0.05, 0.1) is 0 Å². The summed E-state index contributed by atoms with van der Waals surface area (Å²) in [4.78, 5) is 3.84. The van der Waals surface area contributed by atoms with Crippen molar-refractivity contribution in [3.8, 4) is 5.00 Å². The normalized spacial score (nSPS) is 9.71. The Kier molecular flexibility index (Phi) is 4.55. The van der Waals surface area contributed by atoms with Crippen LogP contribution >= 0.6 is 11.3 Å². The predicted molar refractivity (Wildman–Crippen MR) is 62.6 cm³/mol. The quantitative estimate of drug-likeness (QED) is 0.697. The molecule has 0 aliphatic carbocycles. The van der Waals surface area contributed by atoms with E-state index >= 15 is 0 Å². The highest BCUT2D eigenvalue weighted by atomic mass is 32.1. The van der Waals surface area contributed by atoms with E-state index in [1.165, 1.54) is 6.33 Å². The zero-order valence-electron chi connectivity index (χ0n) is 8.64. The van der Waals surface area contributed by atoms with E-state index in [0.29, 0.717) is 0 Å². The summed E-state index contributed by atoms with van der Waals surface area (Å²) in [5, 5.41) is 7.08. The van der Waals surface area contributed by atoms with Crippen LogP contribution in [-0.2, 0) is 0 Å². The van der Waals surface area contributed by atoms with Gasteiger partial charge in [-0.05, 0) is 17.5 Å². The van der Waals surface area contributed by atoms with E-state index in [1.54, 1.807) is 22.3 Å². The van der Waals surface area contributed by atoms with Gasteiger partial charge in [-0.25, -0.2) is 9.67 Å². The molecule has 2 aromatic heterocycles. The van der Waals surface area contributed by atoms with Crippen molar-refractivity contribution in [3.63, 3.8) is 0 Å². The highest BCUT2D eigenvalue weighted by Gasteiger charge is 1.93. The summed E-state index contributed by atoms with van der Waals surface area (Å²) in [6.07, 6.45) is 3.21. The SMILES string of the molecule is C[Si](C)C.c1csc(-n2cncn2)c1. The van der Waals surface area contributed by atoms with E-state index in [9.17, 15) is 0 Å². The minimum Gasteiger partial charge on any atom is -0.223 e. The fraction of sp³-hybridized carbons (Fsp3) is 0.333. The molecule has 14 heavy (non-hydrogen) atoms. The van der Waals surface area contributed by atoms with Gasteiger partial charge < -0.3 is 0 Å². The minimum atomic E-state index is 0.120. The summed E-state index contributed by atoms with van der Waals surface area (Å²) in [7, 11) is 0.120. The molecule has 0 amide bonds. The molecule has 0 aromatic carbocycles. The molecule has 0 aliphatic rings. The third-order valence-electron chi connectivity index (χ3n) is 1.15. The Morgan fingerprint density at radius 2 is 2.07 bits per heavy atom. The smallest absolute Gasteiger partial charge is 0.138 e. The van der Waals surface area contributed by atoms with Gasteiger partial charge in [-0.2, -0.15) is 5.10 Å². The van der Waals surface area contributed by atoms with Crippen LogP contribution < -0.4 is 0 Å². The van der Waals surface area contributed by atoms with Crippen LogP contribution in [-0.4, -0.2) is 23.6 Å². The van der Waals surface area contributed by atoms with Gasteiger partial charge in [-0.3, -0.25) is 0 Å². The molecule has 1 radical (unpaired) electrons. The molecule has 0 spiro atoms. The van der Waals surface area contributed by atoms with Crippen LogP contribution in [0.3, 0.4) is 0 Å². The van der Waals surface area contributed by atoms with Crippen molar-refractivity contribution < 1.29 is 0 Å². The summed E-state index contributed by atoms with van der Waals surface area (Å²) >= 11 is 1.64. The largest absolute Gasteiger partial charge is 0.223 e. The molecule has 75 valence electrons. The average molecular weight is 224 g/mol. The lowest BCUT2D eigenvalue weighted by Crippen LogP contribution is -1.88. The molecule has 0 fully saturated rings. The summed E-state index contributed by atoms with van der Waals surface area (Å²) in [5.74, 6) is 0. The van der Waals surface area contributed by atoms with Crippen LogP contribution in [0.1, 0.15) is 0 Å². The molecule has 0 saturated heterocycles. The van der Waals surface area contributed by atoms with Crippen LogP contribution in [0.4, 0.5) is 0 Å². The molecular formula is C9H14N3SSi. The lowest BCUT2D eigenvalue weighted by Gasteiger charge is -1.89. The third-order valence-corrected chi connectivity index (χ3v) is 2.01. The molecular weight excluding hydrogens is 210 g/mol. The maximum absolute atomic E-state index is 3.97. The molecule has 2 rings (SSSR count). The second kappa shape index (κ2) is 5.72. The van der Waals surface area contributed by atoms with Gasteiger partial charge >= 0.3 is 0 Å². The van der Waals surface area contributed by atoms with E-state index in [1.807, 2.05) is 17.5 Å². The Hall–Kier alpha value is -0.943. The van der Waals surface area contributed by atoms with Gasteiger partial charge in [0.25, 0.3) is 0 Å². The Labute approximate surface area is 90.0 Å². The van der Waals surface area contributed by atoms with Gasteiger partial charge in [0.2, 0.25) is 0 Å². The van der Waals surface area contributed by atoms with E-state index in [0.717, 1.165) is 5.00 Å². The molecule has 3 nitrogen and oxygen atoms in total. The van der Waals surface area contributed by atoms with Crippen LogP contribution in [0.25, 0.3) is 5.00 Å². The van der Waals surface area contributed by atoms with Crippen LogP contribution in [0.15, 0.2) is 30.2 Å². The van der Waals surface area contributed by atoms with Gasteiger partial charge in [0.1, 0.15) is 17.7 Å². The molecule has 0 aliphatic heterocycles. The zero-order valence-corrected chi connectivity index (χ0v) is 10.5. The third kappa shape index (κ3) is 3.84. The number of hydrogen-bond donors (Lipinski definition) is 0. The standard InChI is InChI=1S/C6H5N3S.C3H9Si/c1-2-6(10-3-1)9-5-7-4-8-9;1-4(2)3/h1-5H;1-3H3. The summed E-state index contributed by atoms with van der Waals surface area (Å²) in [6.45, 7) is 6.81. The number of rotatable bonds is 1. The maximum atomic E-state index is 3.97. The van der Waals surface area contributed by atoms with Gasteiger partial charge in [0.15, 0.2) is 0 Å². The van der Waals surface area contributed by atoms with Crippen LogP contribution in [0.5, 0.6) is 0 Å². The Balaban J connectivity index is 0.000000213. The summed E-state index contributed by atoms with van der Waals surface area (Å²) in [5.41, 5.74) is 0. The molecule has 5 heteroatoms. The van der Waals surface area contributed by atoms with E-state index in [4.69, 9.17) is 0 Å². The Morgan fingerprint density at radius 3 is 2.50 bits per heavy atom. The predicted octanol–water partition coefficient (Wildman–Crippen LogP) is 2.70. The second-order valence-corrected chi connectivity index (χ2v) is 7.22. The average Bonchev–Trinajstić information content (AvgIpc) is 2.76. The first-order valence-electron chi connectivity index (χ1n) is 4.35. The lowest BCUT2D eigenvalue weighted by atomic mass is 10.6. The molecule has 0 unspecified atom stereocenters. The fourth-order valence-corrected chi connectivity index (χ4v) is 1.38. The first-order chi connectivity index (χ1) is 6.70. The van der Waals surface area contributed by atoms with Gasteiger partial charge in [-0.1, -0.05) is 19.6 Å². The molecule has 0 atom stereocenters. The molecule has 0 bridgehead atoms. The van der Waals surface area contributed by atoms with E-state index < -0.39 is 0 Å². The molecule has 0 saturated carbocycles. The molecule has 2 aromatic rings. The Morgan fingerprint density at radius 1 is 1.36 bits per heavy atom. The number of aromatic nitrogens is 3. The topological polar surface area (TPSA) is 30.7 Å². The maximum Gasteiger partial charge on any atom is 0.138 e. The first-order valence-corrected chi connectivity index (χ1v) is 8.23. The van der Waals surface area contributed by atoms with Crippen molar-refractivity contribution in [1.82, 2.24) is 14.8 Å². The second-order valence-electron chi connectivity index (χ2n) is 3.29. The van der Waals surface area contributed by atoms with Crippen molar-refractivity contribution in [3.05, 3.63) is 30.2 Å². The van der Waals surface area contributed by atoms with Gasteiger partial charge in [0, 0.05) is 8.80 Å². The summed E-state index contributed by atoms with van der Waals surface area (Å²) in [6, 6.07) is 3.99. The van der Waals surface area contributed by atoms with E-state index in [2.05, 4.69) is 29.7 Å². The summed E-state index contributed by atoms with van der Waals surface area (Å²) < 4.78 is 1.74. The first kappa shape index (κ1) is 11.1. The number of hydrogen-bond acceptors (Lipinski definition) is 3. The van der Waals surface area contributed by atoms with Crippen LogP contribution in [0.2, 0.25) is 19.6 Å². The van der Waals surface area contributed by atoms with Crippen molar-refractivity contribution in [2.45, 2.75) is 19.6 Å². The van der Waals surface area contributed by atoms with Crippen molar-refractivity contribution in [2.75, 3.05) is 0 Å². The highest BCUT2D eigenvalue weighted by molar-refractivity contribution is 7.12.